The molecule has 1 atom stereocenters. The normalized spacial score (nSPS) is 19.0. The lowest BCUT2D eigenvalue weighted by Crippen LogP contribution is -2.33. The second-order valence-electron chi connectivity index (χ2n) is 4.37. The second kappa shape index (κ2) is 5.78. The van der Waals surface area contributed by atoms with Gasteiger partial charge in [0.05, 0.1) is 19.3 Å². The molecular weight excluding hydrogens is 282 g/mol. The van der Waals surface area contributed by atoms with Crippen LogP contribution in [0.1, 0.15) is 11.9 Å². The molecule has 1 unspecified atom stereocenters. The molecule has 6 nitrogen and oxygen atoms in total. The van der Waals surface area contributed by atoms with Crippen molar-refractivity contribution in [2.75, 3.05) is 26.8 Å². The van der Waals surface area contributed by atoms with Gasteiger partial charge in [0.15, 0.2) is 0 Å². The Kier molecular flexibility index (Phi) is 3.86. The number of nitrogens with one attached hydrogen (secondary N) is 1. The van der Waals surface area contributed by atoms with Crippen molar-refractivity contribution in [3.63, 3.8) is 0 Å². The predicted octanol–water partition coefficient (Wildman–Crippen LogP) is 2.06. The standard InChI is InChI=1S/C13H14ClN3O3/c1-18-10-3-2-8(14)6-9(10)13-16-12(17-20-13)11-7-15-4-5-19-11/h2-3,6,11,15H,4-5,7H2,1H3. The zero-order chi connectivity index (χ0) is 13.9. The van der Waals surface area contributed by atoms with Gasteiger partial charge in [-0.1, -0.05) is 16.8 Å². The molecular formula is C13H14ClN3O3. The number of benzene rings is 1. The van der Waals surface area contributed by atoms with Crippen molar-refractivity contribution in [3.8, 4) is 17.2 Å². The summed E-state index contributed by atoms with van der Waals surface area (Å²) in [5, 5.41) is 7.77. The van der Waals surface area contributed by atoms with Crippen molar-refractivity contribution in [1.82, 2.24) is 15.5 Å². The first kappa shape index (κ1) is 13.4. The highest BCUT2D eigenvalue weighted by molar-refractivity contribution is 6.30. The van der Waals surface area contributed by atoms with Gasteiger partial charge in [-0.3, -0.25) is 0 Å². The third-order valence-electron chi connectivity index (χ3n) is 3.05. The zero-order valence-electron chi connectivity index (χ0n) is 10.9. The van der Waals surface area contributed by atoms with Gasteiger partial charge < -0.3 is 19.3 Å². The average Bonchev–Trinajstić information content (AvgIpc) is 2.98. The summed E-state index contributed by atoms with van der Waals surface area (Å²) in [6.45, 7) is 2.14. The van der Waals surface area contributed by atoms with E-state index < -0.39 is 0 Å². The molecule has 106 valence electrons. The Bertz CT molecular complexity index is 596. The van der Waals surface area contributed by atoms with Gasteiger partial charge in [0, 0.05) is 18.1 Å². The topological polar surface area (TPSA) is 69.4 Å². The van der Waals surface area contributed by atoms with Gasteiger partial charge in [-0.05, 0) is 18.2 Å². The number of halogens is 1. The van der Waals surface area contributed by atoms with Gasteiger partial charge in [-0.25, -0.2) is 0 Å². The van der Waals surface area contributed by atoms with E-state index in [0.29, 0.717) is 41.2 Å². The largest absolute Gasteiger partial charge is 0.496 e. The quantitative estimate of drug-likeness (QED) is 0.935. The molecule has 3 rings (SSSR count). The van der Waals surface area contributed by atoms with E-state index in [1.54, 1.807) is 25.3 Å². The van der Waals surface area contributed by atoms with Gasteiger partial charge in [-0.15, -0.1) is 0 Å². The highest BCUT2D eigenvalue weighted by atomic mass is 35.5. The Morgan fingerprint density at radius 1 is 1.45 bits per heavy atom. The number of hydrogen-bond acceptors (Lipinski definition) is 6. The lowest BCUT2D eigenvalue weighted by Gasteiger charge is -2.20. The van der Waals surface area contributed by atoms with Crippen LogP contribution in [-0.2, 0) is 4.74 Å². The fraction of sp³-hybridized carbons (Fsp3) is 0.385. The number of ether oxygens (including phenoxy) is 2. The Labute approximate surface area is 121 Å². The Balaban J connectivity index is 1.91. The van der Waals surface area contributed by atoms with Crippen molar-refractivity contribution >= 4 is 11.6 Å². The summed E-state index contributed by atoms with van der Waals surface area (Å²) >= 11 is 6.00. The van der Waals surface area contributed by atoms with Crippen LogP contribution in [0.25, 0.3) is 11.5 Å². The smallest absolute Gasteiger partial charge is 0.261 e. The van der Waals surface area contributed by atoms with E-state index in [1.807, 2.05) is 0 Å². The van der Waals surface area contributed by atoms with Crippen LogP contribution >= 0.6 is 11.6 Å². The minimum absolute atomic E-state index is 0.188. The van der Waals surface area contributed by atoms with Crippen LogP contribution in [0.5, 0.6) is 5.75 Å². The minimum Gasteiger partial charge on any atom is -0.496 e. The molecule has 1 aromatic heterocycles. The van der Waals surface area contributed by atoms with E-state index in [4.69, 9.17) is 25.6 Å². The molecule has 1 aliphatic heterocycles. The van der Waals surface area contributed by atoms with Crippen molar-refractivity contribution < 1.29 is 14.0 Å². The van der Waals surface area contributed by atoms with Gasteiger partial charge in [0.1, 0.15) is 11.9 Å². The van der Waals surface area contributed by atoms with E-state index in [9.17, 15) is 0 Å². The highest BCUT2D eigenvalue weighted by Crippen LogP contribution is 2.32. The van der Waals surface area contributed by atoms with Gasteiger partial charge >= 0.3 is 0 Å². The molecule has 0 bridgehead atoms. The van der Waals surface area contributed by atoms with Crippen molar-refractivity contribution in [2.24, 2.45) is 0 Å². The highest BCUT2D eigenvalue weighted by Gasteiger charge is 2.23. The maximum atomic E-state index is 6.00. The molecule has 0 amide bonds. The van der Waals surface area contributed by atoms with Crippen LogP contribution in [0.4, 0.5) is 0 Å². The summed E-state index contributed by atoms with van der Waals surface area (Å²) in [4.78, 5) is 4.37. The lowest BCUT2D eigenvalue weighted by atomic mass is 10.2. The molecule has 1 fully saturated rings. The summed E-state index contributed by atoms with van der Waals surface area (Å²) in [6, 6.07) is 5.24. The maximum absolute atomic E-state index is 6.00. The van der Waals surface area contributed by atoms with E-state index in [-0.39, 0.29) is 6.10 Å². The molecule has 2 heterocycles. The molecule has 0 spiro atoms. The number of morpholine rings is 1. The molecule has 20 heavy (non-hydrogen) atoms. The molecule has 0 aliphatic carbocycles. The van der Waals surface area contributed by atoms with Crippen LogP contribution < -0.4 is 10.1 Å². The SMILES string of the molecule is COc1ccc(Cl)cc1-c1nc(C2CNCCO2)no1. The third-order valence-corrected chi connectivity index (χ3v) is 3.28. The Morgan fingerprint density at radius 2 is 2.35 bits per heavy atom. The minimum atomic E-state index is -0.188. The van der Waals surface area contributed by atoms with Gasteiger partial charge in [0.25, 0.3) is 5.89 Å². The number of nitrogens with zero attached hydrogens (tertiary/aromatic N) is 2. The van der Waals surface area contributed by atoms with Gasteiger partial charge in [0.2, 0.25) is 5.82 Å². The summed E-state index contributed by atoms with van der Waals surface area (Å²) in [6.07, 6.45) is -0.188. The first-order valence-corrected chi connectivity index (χ1v) is 6.65. The summed E-state index contributed by atoms with van der Waals surface area (Å²) in [5.74, 6) is 1.52. The maximum Gasteiger partial charge on any atom is 0.261 e. The fourth-order valence-corrected chi connectivity index (χ4v) is 2.23. The van der Waals surface area contributed by atoms with Crippen LogP contribution in [-0.4, -0.2) is 36.9 Å². The van der Waals surface area contributed by atoms with Crippen LogP contribution in [0.2, 0.25) is 5.02 Å². The molecule has 0 saturated carbocycles. The fourth-order valence-electron chi connectivity index (χ4n) is 2.05. The number of hydrogen-bond donors (Lipinski definition) is 1. The third kappa shape index (κ3) is 2.63. The molecule has 2 aromatic rings. The Hall–Kier alpha value is -1.63. The van der Waals surface area contributed by atoms with Crippen molar-refractivity contribution in [2.45, 2.75) is 6.10 Å². The molecule has 7 heteroatoms. The zero-order valence-corrected chi connectivity index (χ0v) is 11.7. The first-order valence-electron chi connectivity index (χ1n) is 6.28. The second-order valence-corrected chi connectivity index (χ2v) is 4.80. The molecule has 1 saturated heterocycles. The molecule has 0 radical (unpaired) electrons. The molecule has 1 aliphatic rings. The van der Waals surface area contributed by atoms with Crippen LogP contribution in [0.15, 0.2) is 22.7 Å². The summed E-state index contributed by atoms with van der Waals surface area (Å²) < 4.78 is 16.2. The van der Waals surface area contributed by atoms with E-state index in [0.717, 1.165) is 6.54 Å². The van der Waals surface area contributed by atoms with Crippen LogP contribution in [0, 0.1) is 0 Å². The average molecular weight is 296 g/mol. The molecule has 1 N–H and O–H groups in total. The van der Waals surface area contributed by atoms with E-state index in [1.165, 1.54) is 0 Å². The predicted molar refractivity (Wildman–Crippen MR) is 72.9 cm³/mol. The summed E-state index contributed by atoms with van der Waals surface area (Å²) in [7, 11) is 1.58. The van der Waals surface area contributed by atoms with Crippen LogP contribution in [0.3, 0.4) is 0 Å². The first-order chi connectivity index (χ1) is 9.78. The number of methoxy groups -OCH3 is 1. The molecule has 1 aromatic carbocycles. The number of aromatic nitrogens is 2. The monoisotopic (exact) mass is 295 g/mol. The van der Waals surface area contributed by atoms with Crippen molar-refractivity contribution in [1.29, 1.82) is 0 Å². The van der Waals surface area contributed by atoms with Gasteiger partial charge in [-0.2, -0.15) is 4.98 Å². The lowest BCUT2D eigenvalue weighted by molar-refractivity contribution is 0.0208. The van der Waals surface area contributed by atoms with E-state index >= 15 is 0 Å². The Morgan fingerprint density at radius 3 is 3.10 bits per heavy atom. The van der Waals surface area contributed by atoms with Crippen molar-refractivity contribution in [3.05, 3.63) is 29.0 Å². The van der Waals surface area contributed by atoms with E-state index in [2.05, 4.69) is 15.5 Å². The number of rotatable bonds is 3. The summed E-state index contributed by atoms with van der Waals surface area (Å²) in [5.41, 5.74) is 0.669.